The zero-order valence-electron chi connectivity index (χ0n) is 12.5. The number of ketones is 1. The van der Waals surface area contributed by atoms with Crippen molar-refractivity contribution in [2.24, 2.45) is 5.92 Å². The average molecular weight is 337 g/mol. The van der Waals surface area contributed by atoms with Crippen LogP contribution in [-0.4, -0.2) is 51.7 Å². The standard InChI is InChI=1S/C15H19F4NO3/c16-14(17)6-3-9(7-14)10(21)11(22)20-8-15(18,19)12(23)13(20)4-1-2-5-13/h9,12,23H,1-8H2/t9-,12+/m0/s1. The van der Waals surface area contributed by atoms with Gasteiger partial charge < -0.3 is 10.0 Å². The molecule has 2 aliphatic carbocycles. The molecule has 2 atom stereocenters. The molecule has 0 aromatic carbocycles. The number of halogens is 4. The lowest BCUT2D eigenvalue weighted by molar-refractivity contribution is -0.151. The van der Waals surface area contributed by atoms with Gasteiger partial charge in [0, 0.05) is 18.8 Å². The highest BCUT2D eigenvalue weighted by molar-refractivity contribution is 6.37. The maximum atomic E-state index is 13.9. The first-order valence-electron chi connectivity index (χ1n) is 7.89. The Morgan fingerprint density at radius 1 is 1.04 bits per heavy atom. The van der Waals surface area contributed by atoms with Crippen LogP contribution in [0.25, 0.3) is 0 Å². The van der Waals surface area contributed by atoms with Gasteiger partial charge in [0.25, 0.3) is 11.8 Å². The van der Waals surface area contributed by atoms with Gasteiger partial charge in [0.15, 0.2) is 0 Å². The van der Waals surface area contributed by atoms with Crippen LogP contribution >= 0.6 is 0 Å². The van der Waals surface area contributed by atoms with Crippen molar-refractivity contribution in [1.29, 1.82) is 0 Å². The van der Waals surface area contributed by atoms with Crippen LogP contribution in [0.4, 0.5) is 17.6 Å². The largest absolute Gasteiger partial charge is 0.384 e. The van der Waals surface area contributed by atoms with E-state index >= 15 is 0 Å². The van der Waals surface area contributed by atoms with Crippen LogP contribution in [0.1, 0.15) is 44.9 Å². The molecule has 3 fully saturated rings. The average Bonchev–Trinajstić information content (AvgIpc) is 3.13. The fourth-order valence-electron chi connectivity index (χ4n) is 4.28. The number of nitrogens with zero attached hydrogens (tertiary/aromatic N) is 1. The molecule has 3 rings (SSSR count). The topological polar surface area (TPSA) is 57.6 Å². The van der Waals surface area contributed by atoms with Gasteiger partial charge in [0.2, 0.25) is 11.7 Å². The lowest BCUT2D eigenvalue weighted by atomic mass is 9.89. The number of amides is 1. The molecule has 1 spiro atoms. The first-order valence-corrected chi connectivity index (χ1v) is 7.89. The highest BCUT2D eigenvalue weighted by Crippen LogP contribution is 2.49. The lowest BCUT2D eigenvalue weighted by Crippen LogP contribution is -2.54. The van der Waals surface area contributed by atoms with Gasteiger partial charge in [-0.1, -0.05) is 12.8 Å². The Morgan fingerprint density at radius 2 is 1.65 bits per heavy atom. The maximum Gasteiger partial charge on any atom is 0.292 e. The number of carbonyl (C=O) groups excluding carboxylic acids is 2. The number of hydrogen-bond donors (Lipinski definition) is 1. The van der Waals surface area contributed by atoms with Crippen LogP contribution < -0.4 is 0 Å². The van der Waals surface area contributed by atoms with Gasteiger partial charge in [-0.2, -0.15) is 0 Å². The van der Waals surface area contributed by atoms with Gasteiger partial charge in [-0.05, 0) is 19.3 Å². The summed E-state index contributed by atoms with van der Waals surface area (Å²) in [6.07, 6.45) is -1.76. The van der Waals surface area contributed by atoms with E-state index in [1.165, 1.54) is 0 Å². The number of carbonyl (C=O) groups is 2. The zero-order valence-corrected chi connectivity index (χ0v) is 12.5. The maximum absolute atomic E-state index is 13.9. The molecule has 2 saturated carbocycles. The van der Waals surface area contributed by atoms with Gasteiger partial charge in [0.1, 0.15) is 6.10 Å². The molecule has 0 aromatic heterocycles. The highest BCUT2D eigenvalue weighted by atomic mass is 19.3. The zero-order chi connectivity index (χ0) is 17.0. The highest BCUT2D eigenvalue weighted by Gasteiger charge is 2.65. The van der Waals surface area contributed by atoms with E-state index in [2.05, 4.69) is 0 Å². The van der Waals surface area contributed by atoms with Crippen LogP contribution in [-0.2, 0) is 9.59 Å². The van der Waals surface area contributed by atoms with E-state index < -0.39 is 60.5 Å². The van der Waals surface area contributed by atoms with Gasteiger partial charge in [-0.25, -0.2) is 17.6 Å². The first kappa shape index (κ1) is 16.7. The molecule has 8 heteroatoms. The van der Waals surface area contributed by atoms with E-state index in [0.717, 1.165) is 4.90 Å². The summed E-state index contributed by atoms with van der Waals surface area (Å²) < 4.78 is 54.3. The van der Waals surface area contributed by atoms with Gasteiger partial charge in [0.05, 0.1) is 12.1 Å². The second-order valence-electron chi connectivity index (χ2n) is 7.03. The van der Waals surface area contributed by atoms with Crippen LogP contribution in [0.5, 0.6) is 0 Å². The summed E-state index contributed by atoms with van der Waals surface area (Å²) >= 11 is 0. The Labute approximate surface area is 130 Å². The van der Waals surface area contributed by atoms with E-state index in [0.29, 0.717) is 12.8 Å². The Bertz CT molecular complexity index is 531. The van der Waals surface area contributed by atoms with Crippen molar-refractivity contribution in [3.63, 3.8) is 0 Å². The SMILES string of the molecule is O=C(C(=O)N1CC(F)(F)[C@H](O)C12CCCC2)[C@H]1CCC(F)(F)C1. The first-order chi connectivity index (χ1) is 10.6. The number of Topliss-reactive ketones (excluding diaryl/α,β-unsaturated/α-hetero) is 1. The van der Waals surface area contributed by atoms with Crippen LogP contribution in [0.3, 0.4) is 0 Å². The minimum Gasteiger partial charge on any atom is -0.384 e. The molecule has 0 radical (unpaired) electrons. The molecule has 0 bridgehead atoms. The summed E-state index contributed by atoms with van der Waals surface area (Å²) in [5.74, 6) is -9.77. The Morgan fingerprint density at radius 3 is 2.17 bits per heavy atom. The Kier molecular flexibility index (Phi) is 3.74. The fraction of sp³-hybridized carbons (Fsp3) is 0.867. The smallest absolute Gasteiger partial charge is 0.292 e. The van der Waals surface area contributed by atoms with E-state index in [1.54, 1.807) is 0 Å². The molecular formula is C15H19F4NO3. The van der Waals surface area contributed by atoms with Crippen LogP contribution in [0, 0.1) is 5.92 Å². The van der Waals surface area contributed by atoms with E-state index in [9.17, 15) is 32.3 Å². The van der Waals surface area contributed by atoms with Gasteiger partial charge >= 0.3 is 0 Å². The molecule has 1 amide bonds. The van der Waals surface area contributed by atoms with Crippen molar-refractivity contribution in [3.8, 4) is 0 Å². The van der Waals surface area contributed by atoms with Gasteiger partial charge in [-0.15, -0.1) is 0 Å². The molecule has 1 aliphatic heterocycles. The summed E-state index contributed by atoms with van der Waals surface area (Å²) in [5.41, 5.74) is -1.43. The molecule has 4 nitrogen and oxygen atoms in total. The third kappa shape index (κ3) is 2.55. The minimum atomic E-state index is -3.49. The predicted octanol–water partition coefficient (Wildman–Crippen LogP) is 2.14. The second-order valence-corrected chi connectivity index (χ2v) is 7.03. The van der Waals surface area contributed by atoms with E-state index in [1.807, 2.05) is 0 Å². The number of aliphatic hydroxyl groups excluding tert-OH is 1. The number of hydrogen-bond acceptors (Lipinski definition) is 3. The number of aliphatic hydroxyl groups is 1. The van der Waals surface area contributed by atoms with E-state index in [-0.39, 0.29) is 19.3 Å². The normalized spacial score (nSPS) is 34.2. The molecule has 130 valence electrons. The number of rotatable bonds is 2. The predicted molar refractivity (Wildman–Crippen MR) is 71.2 cm³/mol. The summed E-state index contributed by atoms with van der Waals surface area (Å²) in [6.45, 7) is -1.03. The van der Waals surface area contributed by atoms with Crippen LogP contribution in [0.15, 0.2) is 0 Å². The molecule has 0 aromatic rings. The lowest BCUT2D eigenvalue weighted by Gasteiger charge is -2.36. The third-order valence-corrected chi connectivity index (χ3v) is 5.52. The van der Waals surface area contributed by atoms with Crippen molar-refractivity contribution in [1.82, 2.24) is 4.90 Å². The molecule has 0 unspecified atom stereocenters. The molecule has 3 aliphatic rings. The molecule has 23 heavy (non-hydrogen) atoms. The number of likely N-dealkylation sites (tertiary alicyclic amines) is 1. The van der Waals surface area contributed by atoms with Crippen molar-refractivity contribution in [3.05, 3.63) is 0 Å². The van der Waals surface area contributed by atoms with Crippen LogP contribution in [0.2, 0.25) is 0 Å². The quantitative estimate of drug-likeness (QED) is 0.620. The molecule has 1 N–H and O–H groups in total. The van der Waals surface area contributed by atoms with Crippen molar-refractivity contribution in [2.45, 2.75) is 68.4 Å². The summed E-state index contributed by atoms with van der Waals surface area (Å²) in [4.78, 5) is 25.4. The summed E-state index contributed by atoms with van der Waals surface area (Å²) in [5, 5.41) is 9.98. The van der Waals surface area contributed by atoms with Crippen molar-refractivity contribution >= 4 is 11.7 Å². The van der Waals surface area contributed by atoms with Crippen molar-refractivity contribution in [2.75, 3.05) is 6.54 Å². The minimum absolute atomic E-state index is 0.114. The summed E-state index contributed by atoms with van der Waals surface area (Å²) in [6, 6.07) is 0. The summed E-state index contributed by atoms with van der Waals surface area (Å²) in [7, 11) is 0. The Hall–Kier alpha value is -1.18. The number of alkyl halides is 4. The molecular weight excluding hydrogens is 318 g/mol. The monoisotopic (exact) mass is 337 g/mol. The Balaban J connectivity index is 1.82. The van der Waals surface area contributed by atoms with Crippen molar-refractivity contribution < 1.29 is 32.3 Å². The second kappa shape index (κ2) is 5.16. The third-order valence-electron chi connectivity index (χ3n) is 5.52. The molecule has 1 heterocycles. The van der Waals surface area contributed by atoms with E-state index in [4.69, 9.17) is 0 Å². The van der Waals surface area contributed by atoms with Gasteiger partial charge in [-0.3, -0.25) is 9.59 Å². The molecule has 1 saturated heterocycles. The fourth-order valence-corrected chi connectivity index (χ4v) is 4.28.